The van der Waals surface area contributed by atoms with E-state index >= 15 is 0 Å². The van der Waals surface area contributed by atoms with Crippen LogP contribution in [0.1, 0.15) is 37.7 Å². The lowest BCUT2D eigenvalue weighted by molar-refractivity contribution is 0.109. The van der Waals surface area contributed by atoms with Crippen molar-refractivity contribution in [3.05, 3.63) is 17.9 Å². The van der Waals surface area contributed by atoms with Crippen LogP contribution in [0.5, 0.6) is 0 Å². The van der Waals surface area contributed by atoms with Gasteiger partial charge in [-0.3, -0.25) is 4.79 Å². The van der Waals surface area contributed by atoms with E-state index in [-0.39, 0.29) is 22.9 Å². The molecule has 0 fully saturated rings. The number of aliphatic hydroxyl groups excluding tert-OH is 1. The topological polar surface area (TPSA) is 96.6 Å². The summed E-state index contributed by atoms with van der Waals surface area (Å²) >= 11 is 0. The van der Waals surface area contributed by atoms with Crippen molar-refractivity contribution >= 4 is 16.3 Å². The van der Waals surface area contributed by atoms with Crippen LogP contribution in [0.25, 0.3) is 0 Å². The van der Waals surface area contributed by atoms with Gasteiger partial charge in [0.2, 0.25) is 5.09 Å². The van der Waals surface area contributed by atoms with Crippen molar-refractivity contribution in [2.75, 3.05) is 6.61 Å². The van der Waals surface area contributed by atoms with Crippen molar-refractivity contribution in [2.24, 2.45) is 5.41 Å². The molecule has 1 atom stereocenters. The Morgan fingerprint density at radius 2 is 2.05 bits per heavy atom. The maximum absolute atomic E-state index is 12.1. The van der Waals surface area contributed by atoms with Gasteiger partial charge < -0.3 is 9.52 Å². The van der Waals surface area contributed by atoms with E-state index in [2.05, 4.69) is 4.72 Å². The molecule has 0 saturated heterocycles. The molecule has 0 radical (unpaired) electrons. The summed E-state index contributed by atoms with van der Waals surface area (Å²) in [6, 6.07) is 2.08. The molecule has 1 aromatic heterocycles. The number of hydrogen-bond acceptors (Lipinski definition) is 5. The van der Waals surface area contributed by atoms with E-state index in [0.29, 0.717) is 12.7 Å². The second-order valence-corrected chi connectivity index (χ2v) is 6.97. The number of sulfonamides is 1. The van der Waals surface area contributed by atoms with E-state index in [4.69, 9.17) is 9.52 Å². The zero-order valence-corrected chi connectivity index (χ0v) is 12.0. The van der Waals surface area contributed by atoms with Gasteiger partial charge in [0.05, 0.1) is 0 Å². The number of carbonyl (C=O) groups is 1. The molecule has 7 heteroatoms. The lowest BCUT2D eigenvalue weighted by Crippen LogP contribution is -2.44. The standard InChI is InChI=1S/C12H19NO5S/c1-12(2,3)10(6-7-14)13-19(16,17)11-5-4-9(8-15)18-11/h4-5,8,10,13-14H,6-7H2,1-3H3. The monoisotopic (exact) mass is 289 g/mol. The minimum Gasteiger partial charge on any atom is -0.440 e. The highest BCUT2D eigenvalue weighted by Gasteiger charge is 2.30. The van der Waals surface area contributed by atoms with Gasteiger partial charge in [-0.05, 0) is 24.0 Å². The van der Waals surface area contributed by atoms with Crippen molar-refractivity contribution in [3.63, 3.8) is 0 Å². The van der Waals surface area contributed by atoms with E-state index in [1.54, 1.807) is 0 Å². The molecule has 6 nitrogen and oxygen atoms in total. The maximum Gasteiger partial charge on any atom is 0.274 e. The summed E-state index contributed by atoms with van der Waals surface area (Å²) in [5.74, 6) is -0.0464. The van der Waals surface area contributed by atoms with Crippen LogP contribution in [-0.4, -0.2) is 32.5 Å². The fourth-order valence-corrected chi connectivity index (χ4v) is 3.00. The van der Waals surface area contributed by atoms with Crippen LogP contribution in [0.4, 0.5) is 0 Å². The molecule has 0 aliphatic rings. The van der Waals surface area contributed by atoms with Gasteiger partial charge in [-0.2, -0.15) is 0 Å². The van der Waals surface area contributed by atoms with Crippen molar-refractivity contribution in [1.82, 2.24) is 4.72 Å². The number of furan rings is 1. The first-order chi connectivity index (χ1) is 8.70. The maximum atomic E-state index is 12.1. The molecule has 0 spiro atoms. The number of aldehydes is 1. The van der Waals surface area contributed by atoms with Crippen molar-refractivity contribution < 1.29 is 22.7 Å². The summed E-state index contributed by atoms with van der Waals surface area (Å²) in [5, 5.41) is 8.70. The van der Waals surface area contributed by atoms with Crippen molar-refractivity contribution in [3.8, 4) is 0 Å². The highest BCUT2D eigenvalue weighted by molar-refractivity contribution is 7.89. The highest BCUT2D eigenvalue weighted by atomic mass is 32.2. The Morgan fingerprint density at radius 3 is 2.47 bits per heavy atom. The smallest absolute Gasteiger partial charge is 0.274 e. The molecule has 0 aromatic carbocycles. The van der Waals surface area contributed by atoms with Gasteiger partial charge in [0.25, 0.3) is 10.0 Å². The van der Waals surface area contributed by atoms with Crippen molar-refractivity contribution in [2.45, 2.75) is 38.3 Å². The van der Waals surface area contributed by atoms with Crippen LogP contribution < -0.4 is 4.72 Å². The lowest BCUT2D eigenvalue weighted by atomic mass is 9.86. The Balaban J connectivity index is 2.97. The van der Waals surface area contributed by atoms with Crippen molar-refractivity contribution in [1.29, 1.82) is 0 Å². The quantitative estimate of drug-likeness (QED) is 0.766. The van der Waals surface area contributed by atoms with E-state index < -0.39 is 16.1 Å². The summed E-state index contributed by atoms with van der Waals surface area (Å²) in [6.07, 6.45) is 0.734. The number of hydrogen-bond donors (Lipinski definition) is 2. The summed E-state index contributed by atoms with van der Waals surface area (Å²) in [6.45, 7) is 5.49. The number of rotatable bonds is 6. The van der Waals surface area contributed by atoms with Gasteiger partial charge in [-0.1, -0.05) is 20.8 Å². The molecule has 0 bridgehead atoms. The molecule has 0 aliphatic carbocycles. The van der Waals surface area contributed by atoms with Crippen LogP contribution in [0.3, 0.4) is 0 Å². The highest BCUT2D eigenvalue weighted by Crippen LogP contribution is 2.24. The minimum absolute atomic E-state index is 0.0464. The average molecular weight is 289 g/mol. The second kappa shape index (κ2) is 5.85. The second-order valence-electron chi connectivity index (χ2n) is 5.33. The van der Waals surface area contributed by atoms with Gasteiger partial charge in [0.15, 0.2) is 12.0 Å². The summed E-state index contributed by atoms with van der Waals surface area (Å²) in [5.41, 5.74) is -0.351. The summed E-state index contributed by atoms with van der Waals surface area (Å²) < 4.78 is 31.6. The molecule has 0 saturated carbocycles. The molecule has 1 rings (SSSR count). The number of nitrogens with one attached hydrogen (secondary N) is 1. The van der Waals surface area contributed by atoms with E-state index in [1.165, 1.54) is 12.1 Å². The lowest BCUT2D eigenvalue weighted by Gasteiger charge is -2.30. The molecule has 108 valence electrons. The van der Waals surface area contributed by atoms with E-state index in [9.17, 15) is 13.2 Å². The molecule has 2 N–H and O–H groups in total. The van der Waals surface area contributed by atoms with Crippen LogP contribution in [-0.2, 0) is 10.0 Å². The first-order valence-corrected chi connectivity index (χ1v) is 7.37. The molecule has 1 aromatic rings. The molecule has 19 heavy (non-hydrogen) atoms. The molecule has 1 heterocycles. The number of carbonyl (C=O) groups excluding carboxylic acids is 1. The van der Waals surface area contributed by atoms with Crippen LogP contribution >= 0.6 is 0 Å². The molecule has 0 amide bonds. The Labute approximate surface area is 112 Å². The van der Waals surface area contributed by atoms with E-state index in [0.717, 1.165) is 0 Å². The first-order valence-electron chi connectivity index (χ1n) is 5.89. The predicted octanol–water partition coefficient (Wildman–Crippen LogP) is 1.17. The Hall–Kier alpha value is -1.18. The van der Waals surface area contributed by atoms with Crippen LogP contribution in [0.15, 0.2) is 21.6 Å². The fourth-order valence-electron chi connectivity index (χ4n) is 1.59. The van der Waals surface area contributed by atoms with Gasteiger partial charge in [-0.15, -0.1) is 0 Å². The Bertz CT molecular complexity index is 527. The van der Waals surface area contributed by atoms with Gasteiger partial charge in [0.1, 0.15) is 0 Å². The predicted molar refractivity (Wildman–Crippen MR) is 69.4 cm³/mol. The minimum atomic E-state index is -3.84. The SMILES string of the molecule is CC(C)(C)C(CCO)NS(=O)(=O)c1ccc(C=O)o1. The number of aliphatic hydroxyl groups is 1. The third-order valence-corrected chi connectivity index (χ3v) is 4.09. The summed E-state index contributed by atoms with van der Waals surface area (Å²) in [4.78, 5) is 10.5. The van der Waals surface area contributed by atoms with E-state index in [1.807, 2.05) is 20.8 Å². The third kappa shape index (κ3) is 4.15. The average Bonchev–Trinajstić information content (AvgIpc) is 2.76. The molecular weight excluding hydrogens is 270 g/mol. The van der Waals surface area contributed by atoms with Crippen LogP contribution in [0, 0.1) is 5.41 Å². The zero-order chi connectivity index (χ0) is 14.7. The molecule has 1 unspecified atom stereocenters. The molecular formula is C12H19NO5S. The first kappa shape index (κ1) is 15.9. The normalized spacial score (nSPS) is 14.3. The van der Waals surface area contributed by atoms with Crippen LogP contribution in [0.2, 0.25) is 0 Å². The fraction of sp³-hybridized carbons (Fsp3) is 0.583. The van der Waals surface area contributed by atoms with Gasteiger partial charge in [-0.25, -0.2) is 13.1 Å². The Morgan fingerprint density at radius 1 is 1.42 bits per heavy atom. The molecule has 0 aliphatic heterocycles. The third-order valence-electron chi connectivity index (χ3n) is 2.74. The Kier molecular flexibility index (Phi) is 4.89. The van der Waals surface area contributed by atoms with Gasteiger partial charge >= 0.3 is 0 Å². The van der Waals surface area contributed by atoms with Gasteiger partial charge in [0, 0.05) is 12.6 Å². The largest absolute Gasteiger partial charge is 0.440 e. The summed E-state index contributed by atoms with van der Waals surface area (Å²) in [7, 11) is -3.84. The zero-order valence-electron chi connectivity index (χ0n) is 11.2.